The number of aldehydes is 1. The lowest BCUT2D eigenvalue weighted by Gasteiger charge is -2.14. The van der Waals surface area contributed by atoms with Gasteiger partial charge in [0.2, 0.25) is 0 Å². The maximum atomic E-state index is 11.7. The molecule has 0 aliphatic heterocycles. The van der Waals surface area contributed by atoms with Gasteiger partial charge >= 0.3 is 11.9 Å². The number of hydrogen-bond donors (Lipinski definition) is 2. The number of aromatic nitrogens is 1. The normalized spacial score (nSPS) is 15.2. The van der Waals surface area contributed by atoms with E-state index in [0.29, 0.717) is 30.3 Å². The number of nitrogens with zero attached hydrogens (tertiary/aromatic N) is 1. The quantitative estimate of drug-likeness (QED) is 0.164. The Hall–Kier alpha value is -3.30. The van der Waals surface area contributed by atoms with Gasteiger partial charge in [0.05, 0.1) is 18.3 Å². The van der Waals surface area contributed by atoms with Crippen LogP contribution in [0, 0.1) is 5.92 Å². The Bertz CT molecular complexity index is 1100. The van der Waals surface area contributed by atoms with Gasteiger partial charge in [-0.3, -0.25) is 0 Å². The van der Waals surface area contributed by atoms with E-state index in [1.807, 2.05) is 30.5 Å². The van der Waals surface area contributed by atoms with Crippen LogP contribution in [0.5, 0.6) is 5.75 Å². The number of carboxylic acids is 1. The zero-order chi connectivity index (χ0) is 27.9. The lowest BCUT2D eigenvalue weighted by atomic mass is 9.91. The zero-order valence-corrected chi connectivity index (χ0v) is 23.2. The van der Waals surface area contributed by atoms with Gasteiger partial charge in [0, 0.05) is 16.9 Å². The van der Waals surface area contributed by atoms with Gasteiger partial charge in [-0.2, -0.15) is 0 Å². The predicted molar refractivity (Wildman–Crippen MR) is 149 cm³/mol. The summed E-state index contributed by atoms with van der Waals surface area (Å²) < 4.78 is 10.1. The number of esters is 1. The lowest BCUT2D eigenvalue weighted by Crippen LogP contribution is -2.13. The molecular weight excluding hydrogens is 504 g/mol. The smallest absolute Gasteiger partial charge is 0.341 e. The minimum atomic E-state index is -1.02. The molecule has 1 saturated carbocycles. The van der Waals surface area contributed by atoms with Crippen LogP contribution in [0.4, 0.5) is 0 Å². The second kappa shape index (κ2) is 16.5. The lowest BCUT2D eigenvalue weighted by molar-refractivity contribution is -0.139. The van der Waals surface area contributed by atoms with E-state index < -0.39 is 5.97 Å². The van der Waals surface area contributed by atoms with E-state index in [2.05, 4.69) is 4.98 Å². The van der Waals surface area contributed by atoms with Crippen LogP contribution in [-0.4, -0.2) is 41.5 Å². The molecule has 8 nitrogen and oxygen atoms in total. The highest BCUT2D eigenvalue weighted by molar-refractivity contribution is 7.09. The first-order valence-corrected chi connectivity index (χ1v) is 13.7. The van der Waals surface area contributed by atoms with E-state index in [1.54, 1.807) is 32.1 Å². The molecule has 9 heteroatoms. The fourth-order valence-electron chi connectivity index (χ4n) is 3.94. The van der Waals surface area contributed by atoms with E-state index in [4.69, 9.17) is 20.3 Å². The summed E-state index contributed by atoms with van der Waals surface area (Å²) >= 11 is 1.48. The molecule has 1 unspecified atom stereocenters. The number of carboxylic acid groups (broad SMARTS) is 1. The number of aliphatic carboxylic acids is 1. The Morgan fingerprint density at radius 3 is 2.45 bits per heavy atom. The average Bonchev–Trinajstić information content (AvgIpc) is 3.37. The maximum Gasteiger partial charge on any atom is 0.341 e. The van der Waals surface area contributed by atoms with Crippen LogP contribution in [0.2, 0.25) is 0 Å². The second-order valence-electron chi connectivity index (χ2n) is 9.22. The molecule has 1 aliphatic rings. The van der Waals surface area contributed by atoms with Gasteiger partial charge in [0.25, 0.3) is 0 Å². The minimum absolute atomic E-state index is 0.264. The van der Waals surface area contributed by atoms with Crippen LogP contribution in [-0.2, 0) is 25.5 Å². The zero-order valence-electron chi connectivity index (χ0n) is 22.4. The molecule has 3 rings (SSSR count). The Balaban J connectivity index is 0.000000538. The molecule has 1 heterocycles. The number of carbonyl (C=O) groups excluding carboxylic acids is 2. The molecule has 0 amide bonds. The van der Waals surface area contributed by atoms with Crippen molar-refractivity contribution < 1.29 is 29.0 Å². The van der Waals surface area contributed by atoms with Crippen molar-refractivity contribution >= 4 is 35.6 Å². The molecule has 0 saturated heterocycles. The van der Waals surface area contributed by atoms with Gasteiger partial charge in [0.1, 0.15) is 17.0 Å². The van der Waals surface area contributed by atoms with Crippen LogP contribution in [0.3, 0.4) is 0 Å². The Morgan fingerprint density at radius 1 is 1.18 bits per heavy atom. The van der Waals surface area contributed by atoms with Crippen molar-refractivity contribution in [3.63, 3.8) is 0 Å². The monoisotopic (exact) mass is 542 g/mol. The van der Waals surface area contributed by atoms with Gasteiger partial charge in [-0.1, -0.05) is 31.4 Å². The van der Waals surface area contributed by atoms with Crippen LogP contribution < -0.4 is 10.5 Å². The molecule has 3 N–H and O–H groups in total. The second-order valence-corrected chi connectivity index (χ2v) is 10.1. The number of hydrogen-bond acceptors (Lipinski definition) is 8. The van der Waals surface area contributed by atoms with Crippen molar-refractivity contribution in [3.8, 4) is 5.75 Å². The summed E-state index contributed by atoms with van der Waals surface area (Å²) in [6, 6.07) is 6.91. The third-order valence-corrected chi connectivity index (χ3v) is 6.85. The molecule has 0 spiro atoms. The first-order chi connectivity index (χ1) is 18.2. The van der Waals surface area contributed by atoms with Crippen molar-refractivity contribution in [2.24, 2.45) is 11.7 Å². The van der Waals surface area contributed by atoms with Gasteiger partial charge < -0.3 is 25.1 Å². The van der Waals surface area contributed by atoms with Crippen LogP contribution in [0.15, 0.2) is 46.9 Å². The number of ether oxygens (including phenoxy) is 2. The largest absolute Gasteiger partial charge is 0.482 e. The minimum Gasteiger partial charge on any atom is -0.482 e. The van der Waals surface area contributed by atoms with Gasteiger partial charge in [-0.15, -0.1) is 11.3 Å². The van der Waals surface area contributed by atoms with Gasteiger partial charge in [-0.25, -0.2) is 14.6 Å². The van der Waals surface area contributed by atoms with E-state index in [0.717, 1.165) is 41.0 Å². The molecule has 0 bridgehead atoms. The third kappa shape index (κ3) is 11.4. The highest BCUT2D eigenvalue weighted by Gasteiger charge is 2.13. The summed E-state index contributed by atoms with van der Waals surface area (Å²) in [5.74, 6) is -0.441. The summed E-state index contributed by atoms with van der Waals surface area (Å²) in [5.41, 5.74) is 9.52. The summed E-state index contributed by atoms with van der Waals surface area (Å²) in [6.07, 6.45) is 11.5. The summed E-state index contributed by atoms with van der Waals surface area (Å²) in [7, 11) is 0. The molecule has 1 aliphatic carbocycles. The number of thiazole rings is 1. The molecule has 206 valence electrons. The molecule has 1 aromatic carbocycles. The van der Waals surface area contributed by atoms with Crippen molar-refractivity contribution in [2.75, 3.05) is 13.2 Å². The number of carbonyl (C=O) groups is 3. The predicted octanol–water partition coefficient (Wildman–Crippen LogP) is 5.53. The molecule has 1 atom stereocenters. The highest BCUT2D eigenvalue weighted by Crippen LogP contribution is 2.23. The molecule has 2 aromatic rings. The number of allylic oxidation sites excluding steroid dienone is 2. The van der Waals surface area contributed by atoms with Crippen molar-refractivity contribution in [2.45, 2.75) is 65.3 Å². The van der Waals surface area contributed by atoms with E-state index in [1.165, 1.54) is 30.6 Å². The molecular formula is C29H38N2O6S. The SMILES string of the molecule is CCOC(=O)/C(C)=C\C(C)=C\c1csc(C(N)Cc2ccc(OCC(=O)O)cc2)n1.O=CC1CCCCC1. The number of benzene rings is 1. The summed E-state index contributed by atoms with van der Waals surface area (Å²) in [4.78, 5) is 37.0. The third-order valence-electron chi connectivity index (χ3n) is 5.86. The van der Waals surface area contributed by atoms with Gasteiger partial charge in [0.15, 0.2) is 6.61 Å². The molecule has 1 aromatic heterocycles. The van der Waals surface area contributed by atoms with E-state index in [-0.39, 0.29) is 18.6 Å². The molecule has 38 heavy (non-hydrogen) atoms. The summed E-state index contributed by atoms with van der Waals surface area (Å²) in [6.45, 7) is 5.36. The van der Waals surface area contributed by atoms with Crippen molar-refractivity contribution in [1.29, 1.82) is 0 Å². The fourth-order valence-corrected chi connectivity index (χ4v) is 4.71. The van der Waals surface area contributed by atoms with Crippen molar-refractivity contribution in [3.05, 3.63) is 63.1 Å². The maximum absolute atomic E-state index is 11.7. The number of nitrogens with two attached hydrogens (primary N) is 1. The van der Waals surface area contributed by atoms with Gasteiger partial charge in [-0.05, 0) is 75.5 Å². The standard InChI is InChI=1S/C22H26N2O5S.C7H12O/c1-4-28-22(27)15(3)9-14(2)10-17-13-30-21(24-17)19(23)11-16-5-7-18(8-6-16)29-12-20(25)26;8-6-7-4-2-1-3-5-7/h5-10,13,19H,4,11-12,23H2,1-3H3,(H,25,26);6-7H,1-5H2/b14-10+,15-9-;. The topological polar surface area (TPSA) is 129 Å². The average molecular weight is 543 g/mol. The fraction of sp³-hybridized carbons (Fsp3) is 0.448. The van der Waals surface area contributed by atoms with Crippen LogP contribution in [0.1, 0.15) is 75.2 Å². The van der Waals surface area contributed by atoms with Crippen molar-refractivity contribution in [1.82, 2.24) is 4.98 Å². The molecule has 0 radical (unpaired) electrons. The van der Waals surface area contributed by atoms with E-state index in [9.17, 15) is 14.4 Å². The molecule has 1 fully saturated rings. The van der Waals surface area contributed by atoms with Crippen LogP contribution in [0.25, 0.3) is 6.08 Å². The Morgan fingerprint density at radius 2 is 1.87 bits per heavy atom. The highest BCUT2D eigenvalue weighted by atomic mass is 32.1. The Kier molecular flexibility index (Phi) is 13.4. The first kappa shape index (κ1) is 30.9. The van der Waals surface area contributed by atoms with Crippen LogP contribution >= 0.6 is 11.3 Å². The first-order valence-electron chi connectivity index (χ1n) is 12.8. The number of rotatable bonds is 11. The van der Waals surface area contributed by atoms with E-state index >= 15 is 0 Å². The Labute approximate surface area is 228 Å². The summed E-state index contributed by atoms with van der Waals surface area (Å²) in [5, 5.41) is 11.4.